The molecule has 1 heterocycles. The van der Waals surface area contributed by atoms with E-state index in [9.17, 15) is 5.11 Å². The molecule has 4 aromatic rings. The molecule has 0 aromatic heterocycles. The zero-order valence-electron chi connectivity index (χ0n) is 16.8. The predicted octanol–water partition coefficient (Wildman–Crippen LogP) is 5.26. The third-order valence-corrected chi connectivity index (χ3v) is 9.03. The lowest BCUT2D eigenvalue weighted by molar-refractivity contribution is 0.285. The molecule has 1 atom stereocenters. The minimum Gasteiger partial charge on any atom is -0.508 e. The Morgan fingerprint density at radius 2 is 1.29 bits per heavy atom. The monoisotopic (exact) mass is 427 g/mol. The fourth-order valence-corrected chi connectivity index (χ4v) is 7.48. The highest BCUT2D eigenvalue weighted by molar-refractivity contribution is 7.79. The number of phenolic OH excluding ortho intramolecular Hbond substituents is 1. The summed E-state index contributed by atoms with van der Waals surface area (Å²) >= 11 is 0. The number of hydrogen-bond donors (Lipinski definition) is 1. The quantitative estimate of drug-likeness (QED) is 0.452. The van der Waals surface area contributed by atoms with Crippen LogP contribution in [0.25, 0.3) is 0 Å². The van der Waals surface area contributed by atoms with Crippen LogP contribution in [0.1, 0.15) is 11.3 Å². The van der Waals surface area contributed by atoms with Crippen LogP contribution in [0.15, 0.2) is 109 Å². The first-order chi connectivity index (χ1) is 15.2. The smallest absolute Gasteiger partial charge is 0.169 e. The van der Waals surface area contributed by atoms with Crippen molar-refractivity contribution in [2.45, 2.75) is 5.78 Å². The Kier molecular flexibility index (Phi) is 5.01. The molecule has 1 aliphatic rings. The van der Waals surface area contributed by atoms with E-state index in [0.717, 1.165) is 27.6 Å². The zero-order valence-corrected chi connectivity index (χ0v) is 17.7. The van der Waals surface area contributed by atoms with Crippen molar-refractivity contribution in [3.8, 4) is 11.5 Å². The molecule has 0 radical (unpaired) electrons. The molecule has 0 spiro atoms. The van der Waals surface area contributed by atoms with Crippen LogP contribution >= 0.6 is 7.14 Å². The zero-order chi connectivity index (χ0) is 21.3. The third-order valence-electron chi connectivity index (χ3n) is 5.66. The van der Waals surface area contributed by atoms with Crippen molar-refractivity contribution in [2.75, 3.05) is 11.6 Å². The van der Waals surface area contributed by atoms with Crippen molar-refractivity contribution in [2.24, 2.45) is 0 Å². The Balaban J connectivity index is 1.78. The van der Waals surface area contributed by atoms with Gasteiger partial charge in [-0.15, -0.1) is 0 Å². The van der Waals surface area contributed by atoms with E-state index in [-0.39, 0.29) is 12.5 Å². The summed E-state index contributed by atoms with van der Waals surface area (Å²) in [6.45, 7) is 0.260. The average molecular weight is 427 g/mol. The van der Waals surface area contributed by atoms with Crippen LogP contribution in [0.3, 0.4) is 0 Å². The maximum atomic E-state index is 15.2. The summed E-state index contributed by atoms with van der Waals surface area (Å²) in [5, 5.41) is 11.4. The van der Waals surface area contributed by atoms with Gasteiger partial charge in [-0.2, -0.15) is 0 Å². The van der Waals surface area contributed by atoms with E-state index in [1.165, 1.54) is 0 Å². The van der Waals surface area contributed by atoms with Gasteiger partial charge < -0.3 is 19.3 Å². The van der Waals surface area contributed by atoms with E-state index in [4.69, 9.17) is 4.74 Å². The summed E-state index contributed by atoms with van der Waals surface area (Å²) < 4.78 is 21.3. The van der Waals surface area contributed by atoms with E-state index in [2.05, 4.69) is 0 Å². The van der Waals surface area contributed by atoms with Gasteiger partial charge in [0.25, 0.3) is 0 Å². The molecular formula is C26H22NO3P. The third kappa shape index (κ3) is 3.39. The highest BCUT2D eigenvalue weighted by Gasteiger charge is 2.45. The molecule has 0 saturated heterocycles. The first kappa shape index (κ1) is 19.5. The van der Waals surface area contributed by atoms with Crippen LogP contribution in [0.4, 0.5) is 5.69 Å². The molecule has 4 nitrogen and oxygen atoms in total. The van der Waals surface area contributed by atoms with Gasteiger partial charge in [0.15, 0.2) is 13.9 Å². The SMILES string of the molecule is O=P(c1ccccc1)(c1ccccc1)C1c2ccccc2OCN1c1ccc(O)cc1. The van der Waals surface area contributed by atoms with Crippen LogP contribution in [-0.2, 0) is 4.57 Å². The van der Waals surface area contributed by atoms with Gasteiger partial charge in [-0.3, -0.25) is 0 Å². The Morgan fingerprint density at radius 3 is 1.90 bits per heavy atom. The summed E-state index contributed by atoms with van der Waals surface area (Å²) in [7, 11) is -3.18. The van der Waals surface area contributed by atoms with Crippen molar-refractivity contribution >= 4 is 23.4 Å². The number of ether oxygens (including phenoxy) is 1. The predicted molar refractivity (Wildman–Crippen MR) is 125 cm³/mol. The molecule has 0 amide bonds. The Morgan fingerprint density at radius 1 is 0.742 bits per heavy atom. The molecule has 5 heteroatoms. The van der Waals surface area contributed by atoms with Gasteiger partial charge in [-0.05, 0) is 30.3 Å². The standard InChI is InChI=1S/C26H22NO3P/c28-21-17-15-20(16-18-21)27-19-30-25-14-8-7-13-24(25)26(27)31(29,22-9-3-1-4-10-22)23-11-5-2-6-12-23/h1-18,26,28H,19H2. The molecule has 4 aromatic carbocycles. The summed E-state index contributed by atoms with van der Waals surface area (Å²) in [6, 6.07) is 34.1. The second kappa shape index (κ2) is 7.98. The van der Waals surface area contributed by atoms with Crippen molar-refractivity contribution in [3.05, 3.63) is 115 Å². The van der Waals surface area contributed by atoms with Crippen LogP contribution in [-0.4, -0.2) is 11.8 Å². The van der Waals surface area contributed by atoms with Crippen molar-refractivity contribution in [3.63, 3.8) is 0 Å². The van der Waals surface area contributed by atoms with Crippen LogP contribution in [0.5, 0.6) is 11.5 Å². The first-order valence-electron chi connectivity index (χ1n) is 10.2. The van der Waals surface area contributed by atoms with Gasteiger partial charge >= 0.3 is 0 Å². The maximum absolute atomic E-state index is 15.2. The number of rotatable bonds is 4. The highest BCUT2D eigenvalue weighted by atomic mass is 31.2. The highest BCUT2D eigenvalue weighted by Crippen LogP contribution is 2.61. The van der Waals surface area contributed by atoms with Crippen LogP contribution in [0.2, 0.25) is 0 Å². The molecule has 0 aliphatic carbocycles. The molecule has 1 N–H and O–H groups in total. The molecule has 0 fully saturated rings. The summed E-state index contributed by atoms with van der Waals surface area (Å²) in [6.07, 6.45) is 0. The number of fused-ring (bicyclic) bond motifs is 1. The number of aromatic hydroxyl groups is 1. The van der Waals surface area contributed by atoms with Crippen LogP contribution in [0, 0.1) is 0 Å². The number of hydrogen-bond acceptors (Lipinski definition) is 4. The normalized spacial score (nSPS) is 15.7. The number of phenols is 1. The maximum Gasteiger partial charge on any atom is 0.169 e. The molecule has 0 saturated carbocycles. The molecule has 0 bridgehead atoms. The van der Waals surface area contributed by atoms with E-state index in [1.54, 1.807) is 12.1 Å². The van der Waals surface area contributed by atoms with Crippen molar-refractivity contribution in [1.29, 1.82) is 0 Å². The Labute approximate surface area is 181 Å². The van der Waals surface area contributed by atoms with E-state index >= 15 is 4.57 Å². The molecule has 31 heavy (non-hydrogen) atoms. The van der Waals surface area contributed by atoms with E-state index < -0.39 is 12.9 Å². The average Bonchev–Trinajstić information content (AvgIpc) is 2.84. The minimum absolute atomic E-state index is 0.188. The number of anilines is 1. The lowest BCUT2D eigenvalue weighted by Crippen LogP contribution is -2.40. The largest absolute Gasteiger partial charge is 0.508 e. The van der Waals surface area contributed by atoms with Gasteiger partial charge in [-0.1, -0.05) is 78.9 Å². The lowest BCUT2D eigenvalue weighted by Gasteiger charge is -2.42. The Hall–Kier alpha value is -3.49. The second-order valence-electron chi connectivity index (χ2n) is 7.50. The van der Waals surface area contributed by atoms with E-state index in [1.807, 2.05) is 102 Å². The van der Waals surface area contributed by atoms with E-state index in [0.29, 0.717) is 0 Å². The topological polar surface area (TPSA) is 49.8 Å². The fraction of sp³-hybridized carbons (Fsp3) is 0.0769. The fourth-order valence-electron chi connectivity index (χ4n) is 4.19. The van der Waals surface area contributed by atoms with Gasteiger partial charge in [0.05, 0.1) is 0 Å². The minimum atomic E-state index is -3.18. The lowest BCUT2D eigenvalue weighted by atomic mass is 10.1. The summed E-state index contributed by atoms with van der Waals surface area (Å²) in [5.41, 5.74) is 1.72. The van der Waals surface area contributed by atoms with Gasteiger partial charge in [0.2, 0.25) is 0 Å². The Bertz CT molecular complexity index is 1180. The number of benzene rings is 4. The molecule has 154 valence electrons. The summed E-state index contributed by atoms with van der Waals surface area (Å²) in [5.74, 6) is 0.481. The molecule has 1 aliphatic heterocycles. The molecular weight excluding hydrogens is 405 g/mol. The van der Waals surface area contributed by atoms with Gasteiger partial charge in [0.1, 0.15) is 17.3 Å². The first-order valence-corrected chi connectivity index (χ1v) is 11.9. The molecule has 1 unspecified atom stereocenters. The molecule has 5 rings (SSSR count). The summed E-state index contributed by atoms with van der Waals surface area (Å²) in [4.78, 5) is 2.03. The van der Waals surface area contributed by atoms with Crippen molar-refractivity contribution < 1.29 is 14.4 Å². The van der Waals surface area contributed by atoms with Crippen LogP contribution < -0.4 is 20.2 Å². The van der Waals surface area contributed by atoms with Gasteiger partial charge in [-0.25, -0.2) is 0 Å². The van der Waals surface area contributed by atoms with Crippen molar-refractivity contribution in [1.82, 2.24) is 0 Å². The van der Waals surface area contributed by atoms with Gasteiger partial charge in [0, 0.05) is 21.9 Å². The second-order valence-corrected chi connectivity index (χ2v) is 10.3. The number of nitrogens with zero attached hydrogens (tertiary/aromatic N) is 1. The number of para-hydroxylation sites is 1.